The van der Waals surface area contributed by atoms with Gasteiger partial charge in [0.2, 0.25) is 5.91 Å². The summed E-state index contributed by atoms with van der Waals surface area (Å²) < 4.78 is 46.6. The first-order valence-electron chi connectivity index (χ1n) is 10.2. The summed E-state index contributed by atoms with van der Waals surface area (Å²) in [6, 6.07) is 2.89. The van der Waals surface area contributed by atoms with Gasteiger partial charge in [0, 0.05) is 25.2 Å². The minimum atomic E-state index is -4.53. The molecular formula is C21H27F3N2O2. The smallest absolute Gasteiger partial charge is 0.378 e. The second-order valence-electron chi connectivity index (χ2n) is 8.47. The summed E-state index contributed by atoms with van der Waals surface area (Å²) in [5, 5.41) is 2.60. The standard InChI is InChI=1S/C21H27F3N2O2/c1-13-8-17(26-4-6-28-7-5-26)12-18(21(22,23)24)20(13)25-19(27)11-16-10-14-2-3-15(16)9-14/h8,12,14-16H,2-7,9-11H2,1H3,(H,25,27). The molecule has 154 valence electrons. The molecular weight excluding hydrogens is 369 g/mol. The Bertz CT molecular complexity index is 744. The summed E-state index contributed by atoms with van der Waals surface area (Å²) in [7, 11) is 0. The molecule has 1 aliphatic heterocycles. The van der Waals surface area contributed by atoms with Gasteiger partial charge in [-0.3, -0.25) is 4.79 Å². The maximum atomic E-state index is 13.8. The Morgan fingerprint density at radius 2 is 1.96 bits per heavy atom. The van der Waals surface area contributed by atoms with Gasteiger partial charge in [-0.05, 0) is 61.6 Å². The largest absolute Gasteiger partial charge is 0.418 e. The lowest BCUT2D eigenvalue weighted by atomic mass is 9.86. The van der Waals surface area contributed by atoms with E-state index in [-0.39, 0.29) is 11.6 Å². The predicted octanol–water partition coefficient (Wildman–Crippen LogP) is 4.62. The third kappa shape index (κ3) is 4.00. The number of amides is 1. The third-order valence-corrected chi connectivity index (χ3v) is 6.60. The van der Waals surface area contributed by atoms with E-state index in [1.807, 2.05) is 4.90 Å². The first-order chi connectivity index (χ1) is 13.3. The summed E-state index contributed by atoms with van der Waals surface area (Å²) in [5.41, 5.74) is 0.102. The lowest BCUT2D eigenvalue weighted by molar-refractivity contribution is -0.137. The fraction of sp³-hybridized carbons (Fsp3) is 0.667. The number of fused-ring (bicyclic) bond motifs is 2. The van der Waals surface area contributed by atoms with Gasteiger partial charge in [-0.25, -0.2) is 0 Å². The second kappa shape index (κ2) is 7.58. The Hall–Kier alpha value is -1.76. The molecule has 1 heterocycles. The summed E-state index contributed by atoms with van der Waals surface area (Å²) in [4.78, 5) is 14.5. The van der Waals surface area contributed by atoms with Crippen molar-refractivity contribution in [1.29, 1.82) is 0 Å². The molecule has 0 aromatic heterocycles. The van der Waals surface area contributed by atoms with Gasteiger partial charge in [-0.15, -0.1) is 0 Å². The van der Waals surface area contributed by atoms with Crippen LogP contribution < -0.4 is 10.2 Å². The second-order valence-corrected chi connectivity index (χ2v) is 8.47. The fourth-order valence-corrected chi connectivity index (χ4v) is 5.22. The average molecular weight is 396 g/mol. The van der Waals surface area contributed by atoms with Crippen molar-refractivity contribution in [1.82, 2.24) is 0 Å². The number of morpholine rings is 1. The Kier molecular flexibility index (Phi) is 5.29. The molecule has 28 heavy (non-hydrogen) atoms. The van der Waals surface area contributed by atoms with Gasteiger partial charge in [0.25, 0.3) is 0 Å². The highest BCUT2D eigenvalue weighted by atomic mass is 19.4. The first-order valence-corrected chi connectivity index (χ1v) is 10.2. The van der Waals surface area contributed by atoms with Crippen LogP contribution in [0.15, 0.2) is 12.1 Å². The summed E-state index contributed by atoms with van der Waals surface area (Å²) >= 11 is 0. The van der Waals surface area contributed by atoms with Gasteiger partial charge in [0.1, 0.15) is 0 Å². The van der Waals surface area contributed by atoms with Crippen molar-refractivity contribution in [3.8, 4) is 0 Å². The molecule has 0 radical (unpaired) electrons. The van der Waals surface area contributed by atoms with E-state index in [0.29, 0.717) is 61.7 Å². The van der Waals surface area contributed by atoms with E-state index in [1.165, 1.54) is 12.8 Å². The van der Waals surface area contributed by atoms with E-state index >= 15 is 0 Å². The predicted molar refractivity (Wildman–Crippen MR) is 101 cm³/mol. The van der Waals surface area contributed by atoms with Gasteiger partial charge < -0.3 is 15.0 Å². The molecule has 1 saturated heterocycles. The number of hydrogen-bond donors (Lipinski definition) is 1. The van der Waals surface area contributed by atoms with Crippen molar-refractivity contribution in [2.75, 3.05) is 36.5 Å². The van der Waals surface area contributed by atoms with Gasteiger partial charge in [0.15, 0.2) is 0 Å². The third-order valence-electron chi connectivity index (χ3n) is 6.60. The zero-order chi connectivity index (χ0) is 19.9. The number of alkyl halides is 3. The molecule has 1 N–H and O–H groups in total. The number of halogens is 3. The number of anilines is 2. The average Bonchev–Trinajstić information content (AvgIpc) is 3.26. The number of aryl methyl sites for hydroxylation is 1. The van der Waals surface area contributed by atoms with E-state index < -0.39 is 11.7 Å². The van der Waals surface area contributed by atoms with Crippen molar-refractivity contribution < 1.29 is 22.7 Å². The van der Waals surface area contributed by atoms with Crippen LogP contribution in [0.1, 0.15) is 43.2 Å². The van der Waals surface area contributed by atoms with Crippen LogP contribution in [-0.4, -0.2) is 32.2 Å². The molecule has 3 fully saturated rings. The van der Waals surface area contributed by atoms with E-state index in [0.717, 1.165) is 18.9 Å². The molecule has 7 heteroatoms. The van der Waals surface area contributed by atoms with Crippen LogP contribution in [0.4, 0.5) is 24.5 Å². The first kappa shape index (κ1) is 19.6. The van der Waals surface area contributed by atoms with E-state index in [9.17, 15) is 18.0 Å². The van der Waals surface area contributed by atoms with Crippen LogP contribution in [0.2, 0.25) is 0 Å². The van der Waals surface area contributed by atoms with E-state index in [1.54, 1.807) is 13.0 Å². The van der Waals surface area contributed by atoms with E-state index in [2.05, 4.69) is 5.32 Å². The van der Waals surface area contributed by atoms with Crippen LogP contribution in [-0.2, 0) is 15.7 Å². The number of nitrogens with zero attached hydrogens (tertiary/aromatic N) is 1. The van der Waals surface area contributed by atoms with Crippen LogP contribution in [0.3, 0.4) is 0 Å². The zero-order valence-electron chi connectivity index (χ0n) is 16.1. The van der Waals surface area contributed by atoms with Crippen LogP contribution >= 0.6 is 0 Å². The van der Waals surface area contributed by atoms with Crippen molar-refractivity contribution in [3.05, 3.63) is 23.3 Å². The molecule has 4 nitrogen and oxygen atoms in total. The molecule has 2 bridgehead atoms. The Labute approximate surface area is 163 Å². The van der Waals surface area contributed by atoms with Crippen LogP contribution in [0, 0.1) is 24.7 Å². The lowest BCUT2D eigenvalue weighted by Crippen LogP contribution is -2.36. The maximum Gasteiger partial charge on any atom is 0.418 e. The molecule has 3 unspecified atom stereocenters. The molecule has 3 atom stereocenters. The number of hydrogen-bond acceptors (Lipinski definition) is 3. The number of rotatable bonds is 4. The highest BCUT2D eigenvalue weighted by Crippen LogP contribution is 2.49. The summed E-state index contributed by atoms with van der Waals surface area (Å²) in [6.07, 6.45) is 0.413. The summed E-state index contributed by atoms with van der Waals surface area (Å²) in [5.74, 6) is 1.30. The maximum absolute atomic E-state index is 13.8. The minimum absolute atomic E-state index is 0.0994. The number of benzene rings is 1. The number of carbonyl (C=O) groups excluding carboxylic acids is 1. The quantitative estimate of drug-likeness (QED) is 0.808. The lowest BCUT2D eigenvalue weighted by Gasteiger charge is -2.30. The normalized spacial score (nSPS) is 27.3. The van der Waals surface area contributed by atoms with Gasteiger partial charge in [-0.2, -0.15) is 13.2 Å². The molecule has 0 spiro atoms. The SMILES string of the molecule is Cc1cc(N2CCOCC2)cc(C(F)(F)F)c1NC(=O)CC1CC2CCC1C2. The van der Waals surface area contributed by atoms with Gasteiger partial charge >= 0.3 is 6.18 Å². The zero-order valence-corrected chi connectivity index (χ0v) is 16.1. The van der Waals surface area contributed by atoms with Crippen LogP contribution in [0.5, 0.6) is 0 Å². The van der Waals surface area contributed by atoms with Crippen molar-refractivity contribution >= 4 is 17.3 Å². The molecule has 1 amide bonds. The summed E-state index contributed by atoms with van der Waals surface area (Å²) in [6.45, 7) is 3.76. The topological polar surface area (TPSA) is 41.6 Å². The Balaban J connectivity index is 1.54. The van der Waals surface area contributed by atoms with E-state index in [4.69, 9.17) is 4.74 Å². The Morgan fingerprint density at radius 1 is 1.21 bits per heavy atom. The molecule has 2 aliphatic carbocycles. The Morgan fingerprint density at radius 3 is 2.57 bits per heavy atom. The molecule has 2 saturated carbocycles. The van der Waals surface area contributed by atoms with Crippen molar-refractivity contribution in [3.63, 3.8) is 0 Å². The fourth-order valence-electron chi connectivity index (χ4n) is 5.22. The molecule has 4 rings (SSSR count). The highest BCUT2D eigenvalue weighted by molar-refractivity contribution is 5.93. The number of carbonyl (C=O) groups is 1. The molecule has 3 aliphatic rings. The monoisotopic (exact) mass is 396 g/mol. The van der Waals surface area contributed by atoms with Gasteiger partial charge in [0.05, 0.1) is 24.5 Å². The molecule has 1 aromatic carbocycles. The number of nitrogens with one attached hydrogen (secondary N) is 1. The minimum Gasteiger partial charge on any atom is -0.378 e. The van der Waals surface area contributed by atoms with Crippen molar-refractivity contribution in [2.24, 2.45) is 17.8 Å². The van der Waals surface area contributed by atoms with Crippen LogP contribution in [0.25, 0.3) is 0 Å². The highest BCUT2D eigenvalue weighted by Gasteiger charge is 2.41. The molecule has 1 aromatic rings. The number of ether oxygens (including phenoxy) is 1. The van der Waals surface area contributed by atoms with Gasteiger partial charge in [-0.1, -0.05) is 6.42 Å². The van der Waals surface area contributed by atoms with Crippen molar-refractivity contribution in [2.45, 2.75) is 45.2 Å².